The zero-order valence-electron chi connectivity index (χ0n) is 9.60. The molecule has 0 spiro atoms. The lowest BCUT2D eigenvalue weighted by Gasteiger charge is -2.12. The van der Waals surface area contributed by atoms with E-state index in [9.17, 15) is 5.11 Å². The first-order valence-electron chi connectivity index (χ1n) is 5.51. The van der Waals surface area contributed by atoms with Crippen molar-refractivity contribution in [2.24, 2.45) is 0 Å². The number of rotatable bonds is 3. The summed E-state index contributed by atoms with van der Waals surface area (Å²) in [7, 11) is 0. The van der Waals surface area contributed by atoms with E-state index in [2.05, 4.69) is 4.98 Å². The average Bonchev–Trinajstić information content (AvgIpc) is 2.32. The first kappa shape index (κ1) is 12.1. The highest BCUT2D eigenvalue weighted by Gasteiger charge is 2.11. The average molecular weight is 248 g/mol. The van der Waals surface area contributed by atoms with Crippen molar-refractivity contribution in [3.8, 4) is 0 Å². The fraction of sp³-hybridized carbons (Fsp3) is 0.214. The van der Waals surface area contributed by atoms with Crippen LogP contribution in [0.25, 0.3) is 0 Å². The van der Waals surface area contributed by atoms with Crippen molar-refractivity contribution in [3.05, 3.63) is 64.4 Å². The van der Waals surface area contributed by atoms with E-state index in [1.165, 1.54) is 0 Å². The van der Waals surface area contributed by atoms with Gasteiger partial charge in [0.2, 0.25) is 0 Å². The van der Waals surface area contributed by atoms with Gasteiger partial charge < -0.3 is 5.11 Å². The Morgan fingerprint density at radius 1 is 1.24 bits per heavy atom. The molecule has 0 bridgehead atoms. The molecule has 1 aromatic carbocycles. The Kier molecular flexibility index (Phi) is 3.77. The first-order valence-corrected chi connectivity index (χ1v) is 5.88. The number of pyridine rings is 1. The van der Waals surface area contributed by atoms with Crippen molar-refractivity contribution < 1.29 is 5.11 Å². The standard InChI is InChI=1S/C14H14ClNO/c1-10-13(3-2-8-16-10)14(17)9-11-4-6-12(15)7-5-11/h2-8,14,17H,9H2,1H3. The molecular formula is C14H14ClNO. The molecule has 1 N–H and O–H groups in total. The Morgan fingerprint density at radius 3 is 2.59 bits per heavy atom. The van der Waals surface area contributed by atoms with Crippen molar-refractivity contribution in [1.82, 2.24) is 4.98 Å². The van der Waals surface area contributed by atoms with E-state index in [-0.39, 0.29) is 0 Å². The summed E-state index contributed by atoms with van der Waals surface area (Å²) >= 11 is 5.82. The van der Waals surface area contributed by atoms with Crippen molar-refractivity contribution in [2.75, 3.05) is 0 Å². The van der Waals surface area contributed by atoms with Crippen LogP contribution >= 0.6 is 11.6 Å². The van der Waals surface area contributed by atoms with Crippen LogP contribution in [0.15, 0.2) is 42.6 Å². The molecule has 1 unspecified atom stereocenters. The molecule has 0 saturated heterocycles. The molecule has 0 saturated carbocycles. The smallest absolute Gasteiger partial charge is 0.0847 e. The summed E-state index contributed by atoms with van der Waals surface area (Å²) in [6, 6.07) is 11.3. The molecular weight excluding hydrogens is 234 g/mol. The summed E-state index contributed by atoms with van der Waals surface area (Å²) in [5.74, 6) is 0. The quantitative estimate of drug-likeness (QED) is 0.903. The molecule has 0 aliphatic carbocycles. The summed E-state index contributed by atoms with van der Waals surface area (Å²) in [5.41, 5.74) is 2.81. The van der Waals surface area contributed by atoms with Gasteiger partial charge in [-0.15, -0.1) is 0 Å². The van der Waals surface area contributed by atoms with Crippen molar-refractivity contribution in [3.63, 3.8) is 0 Å². The van der Waals surface area contributed by atoms with Gasteiger partial charge in [0.15, 0.2) is 0 Å². The second kappa shape index (κ2) is 5.30. The zero-order chi connectivity index (χ0) is 12.3. The summed E-state index contributed by atoms with van der Waals surface area (Å²) in [6.07, 6.45) is 1.78. The maximum absolute atomic E-state index is 10.2. The van der Waals surface area contributed by atoms with Gasteiger partial charge in [0.05, 0.1) is 6.10 Å². The number of nitrogens with zero attached hydrogens (tertiary/aromatic N) is 1. The Hall–Kier alpha value is -1.38. The minimum absolute atomic E-state index is 0.523. The van der Waals surface area contributed by atoms with Crippen LogP contribution in [0.1, 0.15) is 22.9 Å². The number of benzene rings is 1. The van der Waals surface area contributed by atoms with Crippen LogP contribution in [-0.4, -0.2) is 10.1 Å². The third-order valence-corrected chi connectivity index (χ3v) is 3.00. The second-order valence-electron chi connectivity index (χ2n) is 4.02. The Labute approximate surface area is 106 Å². The van der Waals surface area contributed by atoms with Gasteiger partial charge in [0.25, 0.3) is 0 Å². The van der Waals surface area contributed by atoms with Gasteiger partial charge in [-0.25, -0.2) is 0 Å². The third-order valence-electron chi connectivity index (χ3n) is 2.75. The topological polar surface area (TPSA) is 33.1 Å². The number of aliphatic hydroxyl groups is 1. The minimum Gasteiger partial charge on any atom is -0.388 e. The van der Waals surface area contributed by atoms with Crippen molar-refractivity contribution >= 4 is 11.6 Å². The Bertz CT molecular complexity index is 496. The summed E-state index contributed by atoms with van der Waals surface area (Å²) in [4.78, 5) is 4.17. The molecule has 2 nitrogen and oxygen atoms in total. The van der Waals surface area contributed by atoms with Crippen molar-refractivity contribution in [1.29, 1.82) is 0 Å². The number of aryl methyl sites for hydroxylation is 1. The van der Waals surface area contributed by atoms with E-state index in [0.717, 1.165) is 16.8 Å². The molecule has 1 heterocycles. The van der Waals surface area contributed by atoms with E-state index in [1.807, 2.05) is 43.3 Å². The molecule has 88 valence electrons. The maximum Gasteiger partial charge on any atom is 0.0847 e. The molecule has 0 aliphatic rings. The van der Waals surface area contributed by atoms with Gasteiger partial charge in [0.1, 0.15) is 0 Å². The van der Waals surface area contributed by atoms with E-state index >= 15 is 0 Å². The lowest BCUT2D eigenvalue weighted by atomic mass is 10.0. The van der Waals surface area contributed by atoms with Crippen LogP contribution in [0.5, 0.6) is 0 Å². The number of aliphatic hydroxyl groups excluding tert-OH is 1. The molecule has 1 aromatic heterocycles. The van der Waals surface area contributed by atoms with Gasteiger partial charge in [-0.1, -0.05) is 29.8 Å². The number of hydrogen-bond donors (Lipinski definition) is 1. The van der Waals surface area contributed by atoms with Crippen molar-refractivity contribution in [2.45, 2.75) is 19.4 Å². The molecule has 3 heteroatoms. The van der Waals surface area contributed by atoms with Gasteiger partial charge in [-0.2, -0.15) is 0 Å². The SMILES string of the molecule is Cc1ncccc1C(O)Cc1ccc(Cl)cc1. The fourth-order valence-corrected chi connectivity index (χ4v) is 1.93. The molecule has 1 atom stereocenters. The fourth-order valence-electron chi connectivity index (χ4n) is 1.80. The normalized spacial score (nSPS) is 12.4. The molecule has 0 radical (unpaired) electrons. The largest absolute Gasteiger partial charge is 0.388 e. The van der Waals surface area contributed by atoms with E-state index in [1.54, 1.807) is 6.20 Å². The van der Waals surface area contributed by atoms with E-state index in [0.29, 0.717) is 11.4 Å². The maximum atomic E-state index is 10.2. The van der Waals surface area contributed by atoms with Crippen LogP contribution < -0.4 is 0 Å². The number of aromatic nitrogens is 1. The molecule has 0 fully saturated rings. The van der Waals surface area contributed by atoms with Crippen LogP contribution in [0.2, 0.25) is 5.02 Å². The lowest BCUT2D eigenvalue weighted by Crippen LogP contribution is -2.04. The molecule has 2 rings (SSSR count). The molecule has 0 amide bonds. The molecule has 2 aromatic rings. The van der Waals surface area contributed by atoms with Gasteiger partial charge >= 0.3 is 0 Å². The second-order valence-corrected chi connectivity index (χ2v) is 4.46. The molecule has 0 aliphatic heterocycles. The van der Waals surface area contributed by atoms with Crippen LogP contribution in [0.3, 0.4) is 0 Å². The first-order chi connectivity index (χ1) is 8.16. The van der Waals surface area contributed by atoms with Gasteiger partial charge in [-0.3, -0.25) is 4.98 Å². The van der Waals surface area contributed by atoms with Gasteiger partial charge in [-0.05, 0) is 30.7 Å². The van der Waals surface area contributed by atoms with E-state index in [4.69, 9.17) is 11.6 Å². The van der Waals surface area contributed by atoms with Crippen LogP contribution in [0, 0.1) is 6.92 Å². The van der Waals surface area contributed by atoms with Crippen LogP contribution in [-0.2, 0) is 6.42 Å². The number of hydrogen-bond acceptors (Lipinski definition) is 2. The highest BCUT2D eigenvalue weighted by Crippen LogP contribution is 2.21. The van der Waals surface area contributed by atoms with Crippen LogP contribution in [0.4, 0.5) is 0 Å². The summed E-state index contributed by atoms with van der Waals surface area (Å²) in [6.45, 7) is 1.90. The monoisotopic (exact) mass is 247 g/mol. The summed E-state index contributed by atoms with van der Waals surface area (Å²) < 4.78 is 0. The predicted molar refractivity (Wildman–Crippen MR) is 69.1 cm³/mol. The van der Waals surface area contributed by atoms with Gasteiger partial charge in [0, 0.05) is 28.9 Å². The lowest BCUT2D eigenvalue weighted by molar-refractivity contribution is 0.177. The Balaban J connectivity index is 2.14. The Morgan fingerprint density at radius 2 is 1.94 bits per heavy atom. The van der Waals surface area contributed by atoms with E-state index < -0.39 is 6.10 Å². The number of halogens is 1. The molecule has 17 heavy (non-hydrogen) atoms. The minimum atomic E-state index is -0.523. The third kappa shape index (κ3) is 3.05. The predicted octanol–water partition coefficient (Wildman–Crippen LogP) is 3.32. The summed E-state index contributed by atoms with van der Waals surface area (Å²) in [5, 5.41) is 10.9. The highest BCUT2D eigenvalue weighted by molar-refractivity contribution is 6.30. The highest BCUT2D eigenvalue weighted by atomic mass is 35.5. The zero-order valence-corrected chi connectivity index (χ0v) is 10.4.